The minimum Gasteiger partial charge on any atom is -0.497 e. The highest BCUT2D eigenvalue weighted by atomic mass is 16.5. The number of carbonyl (C=O) groups excluding carboxylic acids is 3. The predicted molar refractivity (Wildman–Crippen MR) is 115 cm³/mol. The topological polar surface area (TPSA) is 92.2 Å². The number of benzene rings is 2. The number of rotatable bonds is 6. The number of nitrogens with one attached hydrogen (secondary N) is 3. The Hall–Kier alpha value is -3.39. The fourth-order valence-electron chi connectivity index (χ4n) is 3.53. The van der Waals surface area contributed by atoms with Gasteiger partial charge in [-0.05, 0) is 43.3 Å². The third-order valence-corrected chi connectivity index (χ3v) is 4.92. The quantitative estimate of drug-likeness (QED) is 0.659. The largest absolute Gasteiger partial charge is 0.497 e. The molecule has 3 N–H and O–H groups in total. The van der Waals surface area contributed by atoms with Crippen LogP contribution in [0.2, 0.25) is 0 Å². The molecule has 3 amide bonds. The minimum absolute atomic E-state index is 0.121. The van der Waals surface area contributed by atoms with E-state index in [1.807, 2.05) is 25.1 Å². The van der Waals surface area contributed by atoms with Gasteiger partial charge in [0.2, 0.25) is 5.91 Å². The second-order valence-corrected chi connectivity index (χ2v) is 7.47. The molecule has 8 nitrogen and oxygen atoms in total. The van der Waals surface area contributed by atoms with Gasteiger partial charge in [-0.1, -0.05) is 12.1 Å². The van der Waals surface area contributed by atoms with Crippen LogP contribution in [0.3, 0.4) is 0 Å². The molecule has 1 aliphatic heterocycles. The first-order valence-corrected chi connectivity index (χ1v) is 9.83. The van der Waals surface area contributed by atoms with Gasteiger partial charge in [-0.25, -0.2) is 0 Å². The van der Waals surface area contributed by atoms with Crippen molar-refractivity contribution in [2.45, 2.75) is 19.4 Å². The molecule has 0 bridgehead atoms. The number of quaternary nitrogens is 1. The zero-order valence-electron chi connectivity index (χ0n) is 17.4. The molecule has 0 saturated heterocycles. The van der Waals surface area contributed by atoms with E-state index in [0.717, 1.165) is 4.90 Å². The second-order valence-electron chi connectivity index (χ2n) is 7.47. The SMILES string of the molecule is COc1ccc(NC(=O)C[NH+](C)CC(=O)N2c3ccccc3NC(=O)C[C@@H]2C)cc1. The highest BCUT2D eigenvalue weighted by Crippen LogP contribution is 2.31. The number of nitrogens with zero attached hydrogens (tertiary/aromatic N) is 1. The van der Waals surface area contributed by atoms with Crippen LogP contribution in [0.4, 0.5) is 17.1 Å². The number of para-hydroxylation sites is 2. The van der Waals surface area contributed by atoms with E-state index in [0.29, 0.717) is 22.8 Å². The Morgan fingerprint density at radius 1 is 1.17 bits per heavy atom. The summed E-state index contributed by atoms with van der Waals surface area (Å²) in [6.45, 7) is 2.12. The van der Waals surface area contributed by atoms with Crippen LogP contribution in [0.5, 0.6) is 5.75 Å². The third kappa shape index (κ3) is 5.15. The normalized spacial score (nSPS) is 16.7. The van der Waals surface area contributed by atoms with Crippen LogP contribution in [0.15, 0.2) is 48.5 Å². The van der Waals surface area contributed by atoms with Gasteiger partial charge >= 0.3 is 0 Å². The molecule has 0 aliphatic carbocycles. The smallest absolute Gasteiger partial charge is 0.282 e. The van der Waals surface area contributed by atoms with Gasteiger partial charge in [0, 0.05) is 18.2 Å². The summed E-state index contributed by atoms with van der Waals surface area (Å²) in [7, 11) is 3.38. The Morgan fingerprint density at radius 2 is 1.87 bits per heavy atom. The zero-order chi connectivity index (χ0) is 21.7. The lowest BCUT2D eigenvalue weighted by Gasteiger charge is -2.28. The minimum atomic E-state index is -0.276. The van der Waals surface area contributed by atoms with Crippen LogP contribution in [0.1, 0.15) is 13.3 Å². The van der Waals surface area contributed by atoms with E-state index in [4.69, 9.17) is 4.74 Å². The predicted octanol–water partition coefficient (Wildman–Crippen LogP) is 0.912. The van der Waals surface area contributed by atoms with Gasteiger partial charge in [0.1, 0.15) is 5.75 Å². The highest BCUT2D eigenvalue weighted by Gasteiger charge is 2.31. The molecule has 0 aromatic heterocycles. The van der Waals surface area contributed by atoms with Crippen LogP contribution < -0.4 is 25.2 Å². The van der Waals surface area contributed by atoms with Crippen LogP contribution >= 0.6 is 0 Å². The number of hydrogen-bond donors (Lipinski definition) is 3. The van der Waals surface area contributed by atoms with Crippen LogP contribution in [-0.2, 0) is 14.4 Å². The van der Waals surface area contributed by atoms with E-state index in [1.54, 1.807) is 49.4 Å². The Bertz CT molecular complexity index is 929. The molecule has 1 unspecified atom stereocenters. The first-order valence-electron chi connectivity index (χ1n) is 9.83. The molecule has 0 saturated carbocycles. The number of fused-ring (bicyclic) bond motifs is 1. The molecule has 2 aromatic carbocycles. The summed E-state index contributed by atoms with van der Waals surface area (Å²) >= 11 is 0. The molecule has 2 atom stereocenters. The fraction of sp³-hybridized carbons (Fsp3) is 0.318. The average molecular weight is 411 g/mol. The van der Waals surface area contributed by atoms with Crippen molar-refractivity contribution in [1.82, 2.24) is 0 Å². The Morgan fingerprint density at radius 3 is 2.57 bits per heavy atom. The van der Waals surface area contributed by atoms with E-state index < -0.39 is 0 Å². The van der Waals surface area contributed by atoms with E-state index in [2.05, 4.69) is 10.6 Å². The van der Waals surface area contributed by atoms with E-state index in [-0.39, 0.29) is 43.3 Å². The maximum atomic E-state index is 13.1. The maximum Gasteiger partial charge on any atom is 0.282 e. The van der Waals surface area contributed by atoms with Crippen molar-refractivity contribution in [2.75, 3.05) is 42.8 Å². The lowest BCUT2D eigenvalue weighted by Crippen LogP contribution is -3.11. The molecular weight excluding hydrogens is 384 g/mol. The standard InChI is InChI=1S/C22H26N4O4/c1-15-12-20(27)24-18-6-4-5-7-19(18)26(15)22(29)14-25(2)13-21(28)23-16-8-10-17(30-3)11-9-16/h4-11,15H,12-14H2,1-3H3,(H,23,28)(H,24,27)/p+1/t15-/m0/s1. The molecular formula is C22H27N4O4+. The zero-order valence-corrected chi connectivity index (χ0v) is 17.4. The summed E-state index contributed by atoms with van der Waals surface area (Å²) in [6, 6.07) is 14.0. The van der Waals surface area contributed by atoms with Gasteiger partial charge in [-0.3, -0.25) is 14.4 Å². The van der Waals surface area contributed by atoms with Gasteiger partial charge in [-0.2, -0.15) is 0 Å². The van der Waals surface area contributed by atoms with E-state index >= 15 is 0 Å². The summed E-state index contributed by atoms with van der Waals surface area (Å²) in [5.74, 6) is 0.263. The van der Waals surface area contributed by atoms with Crippen molar-refractivity contribution in [3.63, 3.8) is 0 Å². The van der Waals surface area contributed by atoms with Gasteiger partial charge in [0.05, 0.1) is 25.5 Å². The van der Waals surface area contributed by atoms with E-state index in [1.165, 1.54) is 0 Å². The molecule has 1 heterocycles. The first kappa shape index (κ1) is 21.3. The molecule has 158 valence electrons. The number of hydrogen-bond acceptors (Lipinski definition) is 4. The van der Waals surface area contributed by atoms with Crippen LogP contribution in [-0.4, -0.2) is 51.0 Å². The van der Waals surface area contributed by atoms with Crippen molar-refractivity contribution in [3.8, 4) is 5.75 Å². The van der Waals surface area contributed by atoms with Gasteiger partial charge in [-0.15, -0.1) is 0 Å². The van der Waals surface area contributed by atoms with Crippen molar-refractivity contribution in [1.29, 1.82) is 0 Å². The summed E-state index contributed by atoms with van der Waals surface area (Å²) < 4.78 is 5.10. The van der Waals surface area contributed by atoms with E-state index in [9.17, 15) is 14.4 Å². The molecule has 8 heteroatoms. The molecule has 30 heavy (non-hydrogen) atoms. The van der Waals surface area contributed by atoms with Crippen molar-refractivity contribution >= 4 is 34.8 Å². The molecule has 2 aromatic rings. The monoisotopic (exact) mass is 411 g/mol. The summed E-state index contributed by atoms with van der Waals surface area (Å²) in [6.07, 6.45) is 0.220. The highest BCUT2D eigenvalue weighted by molar-refractivity contribution is 6.04. The molecule has 1 aliphatic rings. The number of anilines is 3. The van der Waals surface area contributed by atoms with Crippen LogP contribution in [0, 0.1) is 0 Å². The number of amides is 3. The number of carbonyl (C=O) groups is 3. The molecule has 3 rings (SSSR count). The van der Waals surface area contributed by atoms with Gasteiger partial charge in [0.25, 0.3) is 11.8 Å². The second kappa shape index (κ2) is 9.41. The van der Waals surface area contributed by atoms with Crippen molar-refractivity contribution < 1.29 is 24.0 Å². The lowest BCUT2D eigenvalue weighted by atomic mass is 10.1. The first-order chi connectivity index (χ1) is 14.4. The fourth-order valence-corrected chi connectivity index (χ4v) is 3.53. The lowest BCUT2D eigenvalue weighted by molar-refractivity contribution is -0.862. The third-order valence-electron chi connectivity index (χ3n) is 4.92. The van der Waals surface area contributed by atoms with Crippen molar-refractivity contribution in [2.24, 2.45) is 0 Å². The molecule has 0 radical (unpaired) electrons. The number of likely N-dealkylation sites (N-methyl/N-ethyl adjacent to an activating group) is 1. The number of methoxy groups -OCH3 is 1. The van der Waals surface area contributed by atoms with Crippen molar-refractivity contribution in [3.05, 3.63) is 48.5 Å². The summed E-state index contributed by atoms with van der Waals surface area (Å²) in [4.78, 5) is 39.9. The van der Waals surface area contributed by atoms with Gasteiger partial charge in [0.15, 0.2) is 13.1 Å². The summed E-state index contributed by atoms with van der Waals surface area (Å²) in [5, 5.41) is 5.67. The number of ether oxygens (including phenoxy) is 1. The van der Waals surface area contributed by atoms with Gasteiger partial charge < -0.3 is 25.2 Å². The Balaban J connectivity index is 1.63. The Kier molecular flexibility index (Phi) is 6.68. The molecule has 0 fully saturated rings. The maximum absolute atomic E-state index is 13.1. The molecule has 0 spiro atoms. The average Bonchev–Trinajstić information content (AvgIpc) is 2.82. The summed E-state index contributed by atoms with van der Waals surface area (Å²) in [5.41, 5.74) is 1.96. The Labute approximate surface area is 175 Å². The van der Waals surface area contributed by atoms with Crippen LogP contribution in [0.25, 0.3) is 0 Å².